The fourth-order valence-electron chi connectivity index (χ4n) is 1.87. The van der Waals surface area contributed by atoms with Gasteiger partial charge in [-0.05, 0) is 46.0 Å². The summed E-state index contributed by atoms with van der Waals surface area (Å²) in [6.45, 7) is 9.99. The summed E-state index contributed by atoms with van der Waals surface area (Å²) in [5.74, 6) is 0. The first-order chi connectivity index (χ1) is 8.12. The monoisotopic (exact) mass is 238 g/mol. The third-order valence-corrected chi connectivity index (χ3v) is 3.06. The lowest BCUT2D eigenvalue weighted by Crippen LogP contribution is -2.33. The molecular formula is C16H32N. The molecule has 0 aliphatic heterocycles. The van der Waals surface area contributed by atoms with Gasteiger partial charge in [0.2, 0.25) is 0 Å². The maximum atomic E-state index is 4.71. The van der Waals surface area contributed by atoms with Crippen LogP contribution in [0, 0.1) is 0 Å². The molecule has 0 fully saturated rings. The van der Waals surface area contributed by atoms with Crippen molar-refractivity contribution in [3.63, 3.8) is 0 Å². The molecule has 0 heterocycles. The molecule has 0 aromatic rings. The third-order valence-electron chi connectivity index (χ3n) is 3.06. The number of allylic oxidation sites excluding steroid dienone is 2. The van der Waals surface area contributed by atoms with Gasteiger partial charge in [-0.3, -0.25) is 0 Å². The zero-order valence-electron chi connectivity index (χ0n) is 12.5. The van der Waals surface area contributed by atoms with Gasteiger partial charge in [-0.15, -0.1) is 0 Å². The highest BCUT2D eigenvalue weighted by molar-refractivity contribution is 4.82. The van der Waals surface area contributed by atoms with Crippen LogP contribution < -0.4 is 5.32 Å². The summed E-state index contributed by atoms with van der Waals surface area (Å²) < 4.78 is 0. The number of rotatable bonds is 11. The maximum absolute atomic E-state index is 4.71. The van der Waals surface area contributed by atoms with E-state index in [4.69, 9.17) is 5.32 Å². The van der Waals surface area contributed by atoms with Crippen molar-refractivity contribution in [2.45, 2.75) is 84.6 Å². The molecule has 0 amide bonds. The number of hydrogen-bond donors (Lipinski definition) is 0. The SMILES string of the molecule is CCCC/C=C/CCCCC(C)(C)[N]CCC. The lowest BCUT2D eigenvalue weighted by Gasteiger charge is -2.24. The van der Waals surface area contributed by atoms with Crippen molar-refractivity contribution in [1.82, 2.24) is 5.32 Å². The third kappa shape index (κ3) is 12.0. The fourth-order valence-corrected chi connectivity index (χ4v) is 1.87. The predicted molar refractivity (Wildman–Crippen MR) is 78.5 cm³/mol. The van der Waals surface area contributed by atoms with E-state index in [1.165, 1.54) is 51.4 Å². The van der Waals surface area contributed by atoms with Crippen molar-refractivity contribution in [2.75, 3.05) is 6.54 Å². The lowest BCUT2D eigenvalue weighted by atomic mass is 9.96. The molecule has 0 N–H and O–H groups in total. The second-order valence-electron chi connectivity index (χ2n) is 5.55. The Hall–Kier alpha value is -0.300. The topological polar surface area (TPSA) is 14.1 Å². The van der Waals surface area contributed by atoms with Crippen LogP contribution in [0.3, 0.4) is 0 Å². The van der Waals surface area contributed by atoms with E-state index in [1.807, 2.05) is 0 Å². The van der Waals surface area contributed by atoms with Gasteiger partial charge in [0, 0.05) is 12.1 Å². The normalized spacial score (nSPS) is 12.5. The average molecular weight is 238 g/mol. The van der Waals surface area contributed by atoms with E-state index in [1.54, 1.807) is 0 Å². The minimum absolute atomic E-state index is 0.196. The maximum Gasteiger partial charge on any atom is 0.0300 e. The van der Waals surface area contributed by atoms with Gasteiger partial charge in [0.05, 0.1) is 0 Å². The first-order valence-electron chi connectivity index (χ1n) is 7.46. The van der Waals surface area contributed by atoms with E-state index >= 15 is 0 Å². The smallest absolute Gasteiger partial charge is 0.0300 e. The molecule has 1 nitrogen and oxygen atoms in total. The van der Waals surface area contributed by atoms with Crippen molar-refractivity contribution < 1.29 is 0 Å². The van der Waals surface area contributed by atoms with Crippen LogP contribution >= 0.6 is 0 Å². The summed E-state index contributed by atoms with van der Waals surface area (Å²) in [5, 5.41) is 4.71. The fraction of sp³-hybridized carbons (Fsp3) is 0.875. The van der Waals surface area contributed by atoms with Crippen LogP contribution in [0.25, 0.3) is 0 Å². The van der Waals surface area contributed by atoms with Crippen molar-refractivity contribution in [3.05, 3.63) is 12.2 Å². The van der Waals surface area contributed by atoms with Crippen molar-refractivity contribution in [1.29, 1.82) is 0 Å². The van der Waals surface area contributed by atoms with Gasteiger partial charge in [-0.1, -0.05) is 45.3 Å². The zero-order valence-corrected chi connectivity index (χ0v) is 12.5. The highest BCUT2D eigenvalue weighted by Crippen LogP contribution is 2.15. The average Bonchev–Trinajstić information content (AvgIpc) is 2.30. The van der Waals surface area contributed by atoms with Crippen molar-refractivity contribution in [2.24, 2.45) is 0 Å². The molecule has 17 heavy (non-hydrogen) atoms. The highest BCUT2D eigenvalue weighted by Gasteiger charge is 2.16. The Labute approximate surface area is 109 Å². The molecule has 0 rings (SSSR count). The van der Waals surface area contributed by atoms with E-state index in [2.05, 4.69) is 39.8 Å². The van der Waals surface area contributed by atoms with Gasteiger partial charge in [-0.2, -0.15) is 0 Å². The molecular weight excluding hydrogens is 206 g/mol. The molecule has 0 aromatic heterocycles. The second-order valence-corrected chi connectivity index (χ2v) is 5.55. The largest absolute Gasteiger partial charge is 0.236 e. The zero-order chi connectivity index (χ0) is 13.0. The summed E-state index contributed by atoms with van der Waals surface area (Å²) in [6, 6.07) is 0. The van der Waals surface area contributed by atoms with Crippen LogP contribution in [0.2, 0.25) is 0 Å². The molecule has 0 aromatic carbocycles. The first-order valence-corrected chi connectivity index (χ1v) is 7.46. The summed E-state index contributed by atoms with van der Waals surface area (Å²) in [5.41, 5.74) is 0.196. The number of hydrogen-bond acceptors (Lipinski definition) is 0. The second kappa shape index (κ2) is 10.8. The molecule has 0 bridgehead atoms. The Kier molecular flexibility index (Phi) is 10.6. The Balaban J connectivity index is 3.40. The van der Waals surface area contributed by atoms with Gasteiger partial charge < -0.3 is 0 Å². The van der Waals surface area contributed by atoms with Crippen LogP contribution in [-0.2, 0) is 0 Å². The quantitative estimate of drug-likeness (QED) is 0.352. The Morgan fingerprint density at radius 3 is 2.12 bits per heavy atom. The van der Waals surface area contributed by atoms with E-state index in [9.17, 15) is 0 Å². The van der Waals surface area contributed by atoms with Gasteiger partial charge >= 0.3 is 0 Å². The molecule has 0 saturated carbocycles. The van der Waals surface area contributed by atoms with Gasteiger partial charge in [-0.25, -0.2) is 5.32 Å². The Morgan fingerprint density at radius 1 is 0.882 bits per heavy atom. The number of nitrogens with zero attached hydrogens (tertiary/aromatic N) is 1. The summed E-state index contributed by atoms with van der Waals surface area (Å²) in [7, 11) is 0. The predicted octanol–water partition coefficient (Wildman–Crippen LogP) is 5.09. The molecule has 0 aliphatic rings. The van der Waals surface area contributed by atoms with Gasteiger partial charge in [0.15, 0.2) is 0 Å². The molecule has 101 valence electrons. The van der Waals surface area contributed by atoms with Crippen LogP contribution in [0.4, 0.5) is 0 Å². The van der Waals surface area contributed by atoms with Crippen molar-refractivity contribution in [3.8, 4) is 0 Å². The van der Waals surface area contributed by atoms with E-state index in [0.29, 0.717) is 0 Å². The molecule has 1 heteroatoms. The molecule has 0 aliphatic carbocycles. The first kappa shape index (κ1) is 16.7. The Morgan fingerprint density at radius 2 is 1.53 bits per heavy atom. The lowest BCUT2D eigenvalue weighted by molar-refractivity contribution is 0.343. The molecule has 0 atom stereocenters. The van der Waals surface area contributed by atoms with Crippen LogP contribution in [0.5, 0.6) is 0 Å². The van der Waals surface area contributed by atoms with E-state index in [0.717, 1.165) is 6.54 Å². The van der Waals surface area contributed by atoms with Gasteiger partial charge in [0.25, 0.3) is 0 Å². The van der Waals surface area contributed by atoms with E-state index < -0.39 is 0 Å². The molecule has 1 radical (unpaired) electrons. The standard InChI is InChI=1S/C16H32N/c1-5-7-8-9-10-11-12-13-14-16(3,4)17-15-6-2/h9-10H,5-8,11-15H2,1-4H3/b10-9+. The molecule has 0 saturated heterocycles. The highest BCUT2D eigenvalue weighted by atomic mass is 14.9. The van der Waals surface area contributed by atoms with Crippen LogP contribution in [-0.4, -0.2) is 12.1 Å². The van der Waals surface area contributed by atoms with Crippen LogP contribution in [0.1, 0.15) is 79.1 Å². The summed E-state index contributed by atoms with van der Waals surface area (Å²) in [4.78, 5) is 0. The summed E-state index contributed by atoms with van der Waals surface area (Å²) >= 11 is 0. The minimum atomic E-state index is 0.196. The number of unbranched alkanes of at least 4 members (excludes halogenated alkanes) is 4. The molecule has 0 spiro atoms. The van der Waals surface area contributed by atoms with E-state index in [-0.39, 0.29) is 5.54 Å². The van der Waals surface area contributed by atoms with Crippen molar-refractivity contribution >= 4 is 0 Å². The Bertz CT molecular complexity index is 182. The minimum Gasteiger partial charge on any atom is -0.236 e. The van der Waals surface area contributed by atoms with Crippen LogP contribution in [0.15, 0.2) is 12.2 Å². The summed E-state index contributed by atoms with van der Waals surface area (Å²) in [6.07, 6.45) is 14.9. The van der Waals surface area contributed by atoms with Gasteiger partial charge in [0.1, 0.15) is 0 Å². The molecule has 0 unspecified atom stereocenters.